The number of rotatable bonds is 0. The van der Waals surface area contributed by atoms with E-state index in [1.54, 1.807) is 16.7 Å². The van der Waals surface area contributed by atoms with Crippen LogP contribution >= 0.6 is 11.8 Å². The van der Waals surface area contributed by atoms with Crippen LogP contribution in [0.2, 0.25) is 0 Å². The molecule has 0 fully saturated rings. The number of thioether (sulfide) groups is 1. The molecule has 0 spiro atoms. The number of nitrogens with zero attached hydrogens (tertiary/aromatic N) is 1. The van der Waals surface area contributed by atoms with Crippen LogP contribution in [0.5, 0.6) is 0 Å². The van der Waals surface area contributed by atoms with E-state index in [1.165, 1.54) is 0 Å². The lowest BCUT2D eigenvalue weighted by Crippen LogP contribution is -2.24. The van der Waals surface area contributed by atoms with Gasteiger partial charge in [0.05, 0.1) is 5.70 Å². The molecule has 1 aromatic carbocycles. The van der Waals surface area contributed by atoms with Crippen molar-refractivity contribution in [1.82, 2.24) is 4.90 Å². The van der Waals surface area contributed by atoms with Crippen LogP contribution in [0.1, 0.15) is 28.8 Å². The van der Waals surface area contributed by atoms with Gasteiger partial charge in [-0.1, -0.05) is 18.2 Å². The minimum atomic E-state index is -0.182. The molecule has 1 aromatic rings. The lowest BCUT2D eigenvalue weighted by molar-refractivity contribution is -0.143. The first-order chi connectivity index (χ1) is 9.77. The highest BCUT2D eigenvalue weighted by Gasteiger charge is 2.31. The molecule has 0 atom stereocenters. The van der Waals surface area contributed by atoms with Gasteiger partial charge in [0.25, 0.3) is 5.91 Å². The van der Waals surface area contributed by atoms with E-state index >= 15 is 0 Å². The fourth-order valence-electron chi connectivity index (χ4n) is 2.44. The average molecular weight is 289 g/mol. The number of hydrogen-bond acceptors (Lipinski definition) is 4. The lowest BCUT2D eigenvalue weighted by Gasteiger charge is -2.17. The van der Waals surface area contributed by atoms with Crippen LogP contribution in [0, 0.1) is 0 Å². The first-order valence-electron chi connectivity index (χ1n) is 6.66. The van der Waals surface area contributed by atoms with Crippen LogP contribution in [0.3, 0.4) is 0 Å². The summed E-state index contributed by atoms with van der Waals surface area (Å²) in [6.45, 7) is 0.970. The van der Waals surface area contributed by atoms with Crippen molar-refractivity contribution in [2.45, 2.75) is 12.8 Å². The standard InChI is InChI=1S/C15H15NO3S/c17-14-6-3-7-16-13(10-20-9-8-19-14)11-4-1-2-5-12(11)15(16)18/h1-2,4-5,10H,3,6-9H2/b13-10+. The van der Waals surface area contributed by atoms with E-state index in [2.05, 4.69) is 0 Å². The predicted molar refractivity (Wildman–Crippen MR) is 78.1 cm³/mol. The Labute approximate surface area is 121 Å². The van der Waals surface area contributed by atoms with Crippen LogP contribution < -0.4 is 0 Å². The fourth-order valence-corrected chi connectivity index (χ4v) is 3.15. The monoisotopic (exact) mass is 289 g/mol. The van der Waals surface area contributed by atoms with E-state index in [9.17, 15) is 9.59 Å². The molecule has 20 heavy (non-hydrogen) atoms. The largest absolute Gasteiger partial charge is 0.465 e. The molecule has 2 aliphatic rings. The highest BCUT2D eigenvalue weighted by Crippen LogP contribution is 2.34. The van der Waals surface area contributed by atoms with Crippen molar-refractivity contribution >= 4 is 29.3 Å². The maximum atomic E-state index is 12.4. The van der Waals surface area contributed by atoms with Gasteiger partial charge in [-0.05, 0) is 17.9 Å². The molecule has 0 saturated heterocycles. The van der Waals surface area contributed by atoms with E-state index in [0.29, 0.717) is 31.7 Å². The number of carbonyl (C=O) groups excluding carboxylic acids is 2. The molecule has 4 nitrogen and oxygen atoms in total. The van der Waals surface area contributed by atoms with Crippen LogP contribution in [0.4, 0.5) is 0 Å². The summed E-state index contributed by atoms with van der Waals surface area (Å²) in [4.78, 5) is 25.6. The molecule has 0 unspecified atom stereocenters. The summed E-state index contributed by atoms with van der Waals surface area (Å²) in [5.74, 6) is 0.553. The van der Waals surface area contributed by atoms with Gasteiger partial charge in [0.15, 0.2) is 0 Å². The zero-order chi connectivity index (χ0) is 13.9. The summed E-state index contributed by atoms with van der Waals surface area (Å²) in [5, 5.41) is 2.00. The van der Waals surface area contributed by atoms with Gasteiger partial charge >= 0.3 is 5.97 Å². The second-order valence-electron chi connectivity index (χ2n) is 4.70. The van der Waals surface area contributed by atoms with Crippen molar-refractivity contribution in [3.8, 4) is 0 Å². The molecule has 0 radical (unpaired) electrons. The summed E-state index contributed by atoms with van der Waals surface area (Å²) in [6, 6.07) is 7.65. The number of hydrogen-bond donors (Lipinski definition) is 0. The Hall–Kier alpha value is -1.75. The minimum Gasteiger partial charge on any atom is -0.465 e. The normalized spacial score (nSPS) is 22.2. The summed E-state index contributed by atoms with van der Waals surface area (Å²) < 4.78 is 5.10. The third-order valence-corrected chi connectivity index (χ3v) is 4.18. The molecule has 0 bridgehead atoms. The van der Waals surface area contributed by atoms with Gasteiger partial charge in [-0.3, -0.25) is 9.59 Å². The third-order valence-electron chi connectivity index (χ3n) is 3.39. The molecule has 0 saturated carbocycles. The number of carbonyl (C=O) groups is 2. The maximum absolute atomic E-state index is 12.4. The summed E-state index contributed by atoms with van der Waals surface area (Å²) in [6.07, 6.45) is 0.985. The molecule has 5 heteroatoms. The maximum Gasteiger partial charge on any atom is 0.305 e. The lowest BCUT2D eigenvalue weighted by atomic mass is 10.1. The van der Waals surface area contributed by atoms with Crippen LogP contribution in [-0.2, 0) is 9.53 Å². The molecule has 0 N–H and O–H groups in total. The average Bonchev–Trinajstić information content (AvgIpc) is 2.70. The van der Waals surface area contributed by atoms with Crippen LogP contribution in [0.15, 0.2) is 29.7 Å². The van der Waals surface area contributed by atoms with E-state index < -0.39 is 0 Å². The van der Waals surface area contributed by atoms with Gasteiger partial charge in [-0.25, -0.2) is 0 Å². The van der Waals surface area contributed by atoms with Gasteiger partial charge in [0.1, 0.15) is 6.61 Å². The highest BCUT2D eigenvalue weighted by molar-refractivity contribution is 8.02. The molecule has 0 aromatic heterocycles. The Bertz CT molecular complexity index is 582. The van der Waals surface area contributed by atoms with E-state index in [4.69, 9.17) is 4.74 Å². The minimum absolute atomic E-state index is 0.0278. The van der Waals surface area contributed by atoms with Gasteiger partial charge in [0.2, 0.25) is 0 Å². The number of ether oxygens (including phenoxy) is 1. The molecule has 2 heterocycles. The van der Waals surface area contributed by atoms with E-state index in [0.717, 1.165) is 16.8 Å². The number of fused-ring (bicyclic) bond motifs is 3. The van der Waals surface area contributed by atoms with Gasteiger partial charge < -0.3 is 9.64 Å². The highest BCUT2D eigenvalue weighted by atomic mass is 32.2. The van der Waals surface area contributed by atoms with Crippen molar-refractivity contribution in [1.29, 1.82) is 0 Å². The van der Waals surface area contributed by atoms with Gasteiger partial charge in [0, 0.05) is 29.8 Å². The van der Waals surface area contributed by atoms with Crippen molar-refractivity contribution in [3.05, 3.63) is 40.8 Å². The second kappa shape index (κ2) is 5.71. The number of esters is 1. The van der Waals surface area contributed by atoms with Crippen molar-refractivity contribution in [2.24, 2.45) is 0 Å². The molecule has 104 valence electrons. The van der Waals surface area contributed by atoms with Crippen molar-refractivity contribution < 1.29 is 14.3 Å². The first-order valence-corrected chi connectivity index (χ1v) is 7.71. The summed E-state index contributed by atoms with van der Waals surface area (Å²) in [5.41, 5.74) is 2.68. The number of cyclic esters (lactones) is 1. The number of benzene rings is 1. The molecule has 1 amide bonds. The smallest absolute Gasteiger partial charge is 0.305 e. The van der Waals surface area contributed by atoms with E-state index in [1.807, 2.05) is 29.7 Å². The molecular formula is C15H15NO3S. The van der Waals surface area contributed by atoms with Crippen LogP contribution in [-0.4, -0.2) is 35.7 Å². The molecule has 3 rings (SSSR count). The molecular weight excluding hydrogens is 274 g/mol. The zero-order valence-corrected chi connectivity index (χ0v) is 11.8. The second-order valence-corrected chi connectivity index (χ2v) is 5.68. The third kappa shape index (κ3) is 2.45. The molecule has 0 aliphatic carbocycles. The Morgan fingerprint density at radius 2 is 1.95 bits per heavy atom. The van der Waals surface area contributed by atoms with E-state index in [-0.39, 0.29) is 11.9 Å². The van der Waals surface area contributed by atoms with Crippen molar-refractivity contribution in [2.75, 3.05) is 18.9 Å². The SMILES string of the molecule is O=C1CCCN2C(=O)c3ccccc3/C2=C\SCCO1. The Kier molecular flexibility index (Phi) is 3.78. The topological polar surface area (TPSA) is 46.6 Å². The summed E-state index contributed by atoms with van der Waals surface area (Å²) >= 11 is 1.57. The Morgan fingerprint density at radius 1 is 1.15 bits per heavy atom. The predicted octanol–water partition coefficient (Wildman–Crippen LogP) is 2.51. The van der Waals surface area contributed by atoms with Crippen molar-refractivity contribution in [3.63, 3.8) is 0 Å². The summed E-state index contributed by atoms with van der Waals surface area (Å²) in [7, 11) is 0. The molecule has 2 aliphatic heterocycles. The zero-order valence-electron chi connectivity index (χ0n) is 11.0. The first kappa shape index (κ1) is 13.2. The number of amides is 1. The Morgan fingerprint density at radius 3 is 2.80 bits per heavy atom. The van der Waals surface area contributed by atoms with Gasteiger partial charge in [-0.2, -0.15) is 0 Å². The van der Waals surface area contributed by atoms with Crippen LogP contribution in [0.25, 0.3) is 5.70 Å². The Balaban J connectivity index is 1.92. The quantitative estimate of drug-likeness (QED) is 0.689. The fraction of sp³-hybridized carbons (Fsp3) is 0.333. The van der Waals surface area contributed by atoms with Gasteiger partial charge in [-0.15, -0.1) is 11.8 Å².